The number of ether oxygens (including phenoxy) is 2. The number of hydrogen-bond donors (Lipinski definition) is 1. The molecule has 5 heteroatoms. The zero-order valence-corrected chi connectivity index (χ0v) is 22.1. The van der Waals surface area contributed by atoms with Gasteiger partial charge in [-0.2, -0.15) is 0 Å². The van der Waals surface area contributed by atoms with Crippen molar-refractivity contribution in [1.29, 1.82) is 0 Å². The molecule has 0 aromatic heterocycles. The molecule has 0 radical (unpaired) electrons. The lowest BCUT2D eigenvalue weighted by molar-refractivity contribution is 0.0120. The number of Topliss-reactive ketones (excluding diaryl/α,β-unsaturated/α-hetero) is 1. The van der Waals surface area contributed by atoms with Gasteiger partial charge in [-0.1, -0.05) is 43.2 Å². The first-order valence-corrected chi connectivity index (χ1v) is 12.4. The van der Waals surface area contributed by atoms with Crippen molar-refractivity contribution in [2.75, 3.05) is 38.8 Å². The quantitative estimate of drug-likeness (QED) is 0.617. The molecule has 0 saturated carbocycles. The minimum atomic E-state index is 0.0385. The molecule has 188 valence electrons. The number of hydrogen-bond acceptors (Lipinski definition) is 5. The predicted octanol–water partition coefficient (Wildman–Crippen LogP) is 5.76. The highest BCUT2D eigenvalue weighted by Gasteiger charge is 2.33. The van der Waals surface area contributed by atoms with Crippen molar-refractivity contribution in [3.8, 4) is 5.75 Å². The Balaban J connectivity index is 0.000000231. The summed E-state index contributed by atoms with van der Waals surface area (Å²) in [6.07, 6.45) is 2.55. The lowest BCUT2D eigenvalue weighted by Gasteiger charge is -2.33. The van der Waals surface area contributed by atoms with E-state index in [4.69, 9.17) is 14.6 Å². The van der Waals surface area contributed by atoms with E-state index in [1.165, 1.54) is 16.8 Å². The molecule has 2 aromatic carbocycles. The first-order valence-electron chi connectivity index (χ1n) is 12.4. The van der Waals surface area contributed by atoms with Crippen molar-refractivity contribution >= 4 is 11.5 Å². The van der Waals surface area contributed by atoms with E-state index in [1.54, 1.807) is 0 Å². The highest BCUT2D eigenvalue weighted by Crippen LogP contribution is 2.33. The first-order chi connectivity index (χ1) is 16.2. The van der Waals surface area contributed by atoms with Gasteiger partial charge in [0.1, 0.15) is 11.9 Å². The molecule has 4 rings (SSSR count). The molecule has 34 heavy (non-hydrogen) atoms. The van der Waals surface area contributed by atoms with Crippen LogP contribution < -0.4 is 9.64 Å². The van der Waals surface area contributed by atoms with Crippen LogP contribution in [0.25, 0.3) is 0 Å². The molecule has 2 aromatic rings. The number of rotatable bonds is 4. The number of aryl methyl sites for hydroxylation is 3. The summed E-state index contributed by atoms with van der Waals surface area (Å²) in [7, 11) is 3.16. The zero-order valence-electron chi connectivity index (χ0n) is 22.1. The number of anilines is 1. The Hall–Kier alpha value is -2.37. The second-order valence-corrected chi connectivity index (χ2v) is 9.80. The standard InChI is InChI=1S/C15H18O3.C13H21N.CH4O/c1-10-2-3-14-12(8-10)13(16)9-15(18-14)11-4-6-17-7-5-11;1-10(2)9-14(5)13-7-6-11(3)8-12(13)4;1-2/h2-3,8,11,15H,4-7,9H2,1H3;6-8,10H,9H2,1-5H3;2H,1H3. The summed E-state index contributed by atoms with van der Waals surface area (Å²) in [6, 6.07) is 12.5. The zero-order chi connectivity index (χ0) is 25.3. The third-order valence-electron chi connectivity index (χ3n) is 6.29. The molecule has 1 fully saturated rings. The van der Waals surface area contributed by atoms with Crippen molar-refractivity contribution in [3.63, 3.8) is 0 Å². The van der Waals surface area contributed by atoms with Crippen LogP contribution in [0, 0.1) is 32.6 Å². The van der Waals surface area contributed by atoms with Crippen molar-refractivity contribution in [1.82, 2.24) is 0 Å². The van der Waals surface area contributed by atoms with Crippen LogP contribution in [-0.4, -0.2) is 50.9 Å². The Morgan fingerprint density at radius 1 is 1.00 bits per heavy atom. The summed E-state index contributed by atoms with van der Waals surface area (Å²) in [5, 5.41) is 7.00. The van der Waals surface area contributed by atoms with E-state index in [0.29, 0.717) is 18.3 Å². The van der Waals surface area contributed by atoms with Crippen LogP contribution in [0.2, 0.25) is 0 Å². The van der Waals surface area contributed by atoms with Crippen LogP contribution in [0.3, 0.4) is 0 Å². The number of fused-ring (bicyclic) bond motifs is 1. The summed E-state index contributed by atoms with van der Waals surface area (Å²) < 4.78 is 11.4. The van der Waals surface area contributed by atoms with Gasteiger partial charge in [-0.15, -0.1) is 0 Å². The largest absolute Gasteiger partial charge is 0.489 e. The van der Waals surface area contributed by atoms with Crippen LogP contribution in [0.5, 0.6) is 5.75 Å². The lowest BCUT2D eigenvalue weighted by atomic mass is 9.87. The van der Waals surface area contributed by atoms with E-state index in [1.807, 2.05) is 25.1 Å². The Kier molecular flexibility index (Phi) is 11.1. The number of carbonyl (C=O) groups excluding carboxylic acids is 1. The fourth-order valence-electron chi connectivity index (χ4n) is 4.69. The van der Waals surface area contributed by atoms with Gasteiger partial charge in [0.15, 0.2) is 5.78 Å². The molecule has 1 unspecified atom stereocenters. The molecular formula is C29H43NO4. The molecule has 1 N–H and O–H groups in total. The Morgan fingerprint density at radius 3 is 2.24 bits per heavy atom. The maximum atomic E-state index is 12.2. The second kappa shape index (κ2) is 13.5. The van der Waals surface area contributed by atoms with Crippen molar-refractivity contribution in [3.05, 3.63) is 58.7 Å². The third-order valence-corrected chi connectivity index (χ3v) is 6.29. The minimum Gasteiger partial charge on any atom is -0.489 e. The highest BCUT2D eigenvalue weighted by molar-refractivity contribution is 6.00. The van der Waals surface area contributed by atoms with Crippen LogP contribution in [0.4, 0.5) is 5.69 Å². The van der Waals surface area contributed by atoms with E-state index in [2.05, 4.69) is 57.8 Å². The Labute approximate surface area is 206 Å². The monoisotopic (exact) mass is 469 g/mol. The Morgan fingerprint density at radius 2 is 1.62 bits per heavy atom. The van der Waals surface area contributed by atoms with E-state index < -0.39 is 0 Å². The first kappa shape index (κ1) is 27.9. The lowest BCUT2D eigenvalue weighted by Crippen LogP contribution is -2.36. The number of benzene rings is 2. The fourth-order valence-corrected chi connectivity index (χ4v) is 4.69. The van der Waals surface area contributed by atoms with E-state index in [9.17, 15) is 4.79 Å². The number of carbonyl (C=O) groups is 1. The van der Waals surface area contributed by atoms with Crippen molar-refractivity contribution < 1.29 is 19.4 Å². The van der Waals surface area contributed by atoms with Gasteiger partial charge in [0.2, 0.25) is 0 Å². The minimum absolute atomic E-state index is 0.0385. The molecule has 0 spiro atoms. The molecule has 0 aliphatic carbocycles. The molecule has 2 aliphatic rings. The third kappa shape index (κ3) is 7.85. The molecule has 1 atom stereocenters. The molecule has 1 saturated heterocycles. The predicted molar refractivity (Wildman–Crippen MR) is 140 cm³/mol. The summed E-state index contributed by atoms with van der Waals surface area (Å²) >= 11 is 0. The molecule has 5 nitrogen and oxygen atoms in total. The highest BCUT2D eigenvalue weighted by atomic mass is 16.5. The smallest absolute Gasteiger partial charge is 0.170 e. The van der Waals surface area contributed by atoms with Gasteiger partial charge in [0, 0.05) is 51.9 Å². The maximum absolute atomic E-state index is 12.2. The van der Waals surface area contributed by atoms with Crippen LogP contribution in [0.15, 0.2) is 36.4 Å². The van der Waals surface area contributed by atoms with Crippen LogP contribution in [0.1, 0.15) is 60.2 Å². The molecule has 0 amide bonds. The van der Waals surface area contributed by atoms with Gasteiger partial charge >= 0.3 is 0 Å². The number of aliphatic hydroxyl groups excluding tert-OH is 1. The van der Waals surface area contributed by atoms with Crippen LogP contribution in [-0.2, 0) is 4.74 Å². The van der Waals surface area contributed by atoms with Crippen molar-refractivity contribution in [2.45, 2.75) is 60.0 Å². The van der Waals surface area contributed by atoms with Gasteiger partial charge in [-0.25, -0.2) is 0 Å². The fraction of sp³-hybridized carbons (Fsp3) is 0.552. The molecule has 2 heterocycles. The second-order valence-electron chi connectivity index (χ2n) is 9.80. The average molecular weight is 470 g/mol. The molecular weight excluding hydrogens is 426 g/mol. The van der Waals surface area contributed by atoms with E-state index in [0.717, 1.165) is 56.6 Å². The van der Waals surface area contributed by atoms with Crippen molar-refractivity contribution in [2.24, 2.45) is 11.8 Å². The average Bonchev–Trinajstić information content (AvgIpc) is 2.81. The van der Waals surface area contributed by atoms with Crippen LogP contribution >= 0.6 is 0 Å². The summed E-state index contributed by atoms with van der Waals surface area (Å²) in [4.78, 5) is 14.5. The summed E-state index contributed by atoms with van der Waals surface area (Å²) in [5.74, 6) is 2.14. The SMILES string of the molecule is CO.Cc1ccc(N(C)CC(C)C)c(C)c1.Cc1ccc2c(c1)C(=O)CC(C1CCOCC1)O2. The van der Waals surface area contributed by atoms with Gasteiger partial charge < -0.3 is 19.5 Å². The number of ketones is 1. The Bertz CT molecular complexity index is 918. The normalized spacial score (nSPS) is 17.6. The summed E-state index contributed by atoms with van der Waals surface area (Å²) in [6.45, 7) is 13.5. The van der Waals surface area contributed by atoms with E-state index >= 15 is 0 Å². The van der Waals surface area contributed by atoms with Gasteiger partial charge in [-0.3, -0.25) is 4.79 Å². The summed E-state index contributed by atoms with van der Waals surface area (Å²) in [5.41, 5.74) is 5.91. The topological polar surface area (TPSA) is 59.0 Å². The number of nitrogens with zero attached hydrogens (tertiary/aromatic N) is 1. The van der Waals surface area contributed by atoms with E-state index in [-0.39, 0.29) is 11.9 Å². The molecule has 0 bridgehead atoms. The maximum Gasteiger partial charge on any atom is 0.170 e. The molecule has 2 aliphatic heterocycles. The van der Waals surface area contributed by atoms with Gasteiger partial charge in [0.25, 0.3) is 0 Å². The number of aliphatic hydroxyl groups is 1. The van der Waals surface area contributed by atoms with Gasteiger partial charge in [0.05, 0.1) is 5.56 Å². The van der Waals surface area contributed by atoms with Gasteiger partial charge in [-0.05, 0) is 63.3 Å².